The molecule has 1 aromatic carbocycles. The third-order valence-corrected chi connectivity index (χ3v) is 4.47. The van der Waals surface area contributed by atoms with Gasteiger partial charge in [-0.3, -0.25) is 9.59 Å². The molecule has 2 rings (SSSR count). The van der Waals surface area contributed by atoms with Gasteiger partial charge in [0.15, 0.2) is 0 Å². The van der Waals surface area contributed by atoms with Crippen molar-refractivity contribution in [2.75, 3.05) is 18.5 Å². The fourth-order valence-electron chi connectivity index (χ4n) is 2.63. The van der Waals surface area contributed by atoms with Crippen LogP contribution in [0.2, 0.25) is 5.02 Å². The molecule has 22 heavy (non-hydrogen) atoms. The number of nitrogens with two attached hydrogens (primary N) is 1. The Morgan fingerprint density at radius 1 is 1.41 bits per heavy atom. The fourth-order valence-corrected chi connectivity index (χ4v) is 2.84. The second-order valence-corrected chi connectivity index (χ2v) is 6.20. The van der Waals surface area contributed by atoms with Crippen LogP contribution in [0.25, 0.3) is 0 Å². The summed E-state index contributed by atoms with van der Waals surface area (Å²) in [5, 5.41) is 3.24. The Labute approximate surface area is 135 Å². The highest BCUT2D eigenvalue weighted by Crippen LogP contribution is 2.33. The van der Waals surface area contributed by atoms with Crippen LogP contribution in [0.1, 0.15) is 41.6 Å². The molecule has 0 spiro atoms. The summed E-state index contributed by atoms with van der Waals surface area (Å²) in [7, 11) is 2.04. The molecule has 6 heteroatoms. The summed E-state index contributed by atoms with van der Waals surface area (Å²) in [5.41, 5.74) is 7.49. The van der Waals surface area contributed by atoms with Crippen molar-refractivity contribution >= 4 is 29.1 Å². The van der Waals surface area contributed by atoms with Gasteiger partial charge in [0.1, 0.15) is 0 Å². The number of halogens is 1. The van der Waals surface area contributed by atoms with E-state index in [2.05, 4.69) is 10.2 Å². The van der Waals surface area contributed by atoms with Gasteiger partial charge in [-0.25, -0.2) is 0 Å². The maximum absolute atomic E-state index is 12.3. The standard InChI is InChI=1S/C16H22ClN3O2/c1-10-13(16(22)19-7-6-15(18)21)8-11(17)9-14(10)20(2)12-4-3-5-12/h8-9,12H,3-7H2,1-2H3,(H2,18,21)(H,19,22). The van der Waals surface area contributed by atoms with Crippen LogP contribution in [0.5, 0.6) is 0 Å². The van der Waals surface area contributed by atoms with Crippen LogP contribution >= 0.6 is 11.6 Å². The molecule has 0 unspecified atom stereocenters. The highest BCUT2D eigenvalue weighted by Gasteiger charge is 2.25. The minimum Gasteiger partial charge on any atom is -0.371 e. The Morgan fingerprint density at radius 2 is 2.09 bits per heavy atom. The van der Waals surface area contributed by atoms with Gasteiger partial charge in [-0.15, -0.1) is 0 Å². The molecule has 0 atom stereocenters. The maximum atomic E-state index is 12.3. The number of carbonyl (C=O) groups is 2. The molecule has 1 aliphatic rings. The van der Waals surface area contributed by atoms with Gasteiger partial charge in [0.2, 0.25) is 5.91 Å². The summed E-state index contributed by atoms with van der Waals surface area (Å²) in [5.74, 6) is -0.668. The summed E-state index contributed by atoms with van der Waals surface area (Å²) < 4.78 is 0. The van der Waals surface area contributed by atoms with Gasteiger partial charge in [-0.1, -0.05) is 11.6 Å². The van der Waals surface area contributed by atoms with E-state index in [1.807, 2.05) is 20.0 Å². The first-order chi connectivity index (χ1) is 10.4. The Balaban J connectivity index is 2.18. The van der Waals surface area contributed by atoms with Crippen molar-refractivity contribution in [1.29, 1.82) is 0 Å². The highest BCUT2D eigenvalue weighted by atomic mass is 35.5. The van der Waals surface area contributed by atoms with Crippen LogP contribution in [0.3, 0.4) is 0 Å². The predicted molar refractivity (Wildman–Crippen MR) is 88.4 cm³/mol. The molecule has 1 aromatic rings. The minimum absolute atomic E-state index is 0.125. The topological polar surface area (TPSA) is 75.4 Å². The van der Waals surface area contributed by atoms with Gasteiger partial charge in [0, 0.05) is 42.3 Å². The molecule has 0 bridgehead atoms. The number of nitrogens with zero attached hydrogens (tertiary/aromatic N) is 1. The summed E-state index contributed by atoms with van der Waals surface area (Å²) in [6.07, 6.45) is 3.71. The highest BCUT2D eigenvalue weighted by molar-refractivity contribution is 6.31. The number of hydrogen-bond acceptors (Lipinski definition) is 3. The average molecular weight is 324 g/mol. The van der Waals surface area contributed by atoms with Crippen LogP contribution < -0.4 is 16.0 Å². The van der Waals surface area contributed by atoms with Crippen molar-refractivity contribution < 1.29 is 9.59 Å². The van der Waals surface area contributed by atoms with Crippen LogP contribution in [0.4, 0.5) is 5.69 Å². The van der Waals surface area contributed by atoms with Crippen molar-refractivity contribution in [3.8, 4) is 0 Å². The largest absolute Gasteiger partial charge is 0.371 e. The van der Waals surface area contributed by atoms with E-state index in [1.165, 1.54) is 19.3 Å². The van der Waals surface area contributed by atoms with E-state index in [0.29, 0.717) is 16.6 Å². The summed E-state index contributed by atoms with van der Waals surface area (Å²) in [4.78, 5) is 25.2. The van der Waals surface area contributed by atoms with Gasteiger partial charge < -0.3 is 16.0 Å². The SMILES string of the molecule is Cc1c(C(=O)NCCC(N)=O)cc(Cl)cc1N(C)C1CCC1. The Morgan fingerprint density at radius 3 is 2.64 bits per heavy atom. The van der Waals surface area contributed by atoms with Gasteiger partial charge in [0.05, 0.1) is 0 Å². The number of primary amides is 1. The zero-order valence-electron chi connectivity index (χ0n) is 13.0. The second kappa shape index (κ2) is 7.01. The average Bonchev–Trinajstić information content (AvgIpc) is 2.38. The Bertz CT molecular complexity index is 585. The first-order valence-corrected chi connectivity index (χ1v) is 7.87. The van der Waals surface area contributed by atoms with Crippen molar-refractivity contribution in [2.24, 2.45) is 5.73 Å². The lowest BCUT2D eigenvalue weighted by atomic mass is 9.91. The third-order valence-electron chi connectivity index (χ3n) is 4.25. The molecule has 1 aliphatic carbocycles. The number of nitrogens with one attached hydrogen (secondary N) is 1. The molecule has 3 N–H and O–H groups in total. The monoisotopic (exact) mass is 323 g/mol. The molecule has 5 nitrogen and oxygen atoms in total. The number of rotatable bonds is 6. The van der Waals surface area contributed by atoms with Gasteiger partial charge in [-0.05, 0) is 43.9 Å². The zero-order valence-corrected chi connectivity index (χ0v) is 13.7. The van der Waals surface area contributed by atoms with E-state index in [9.17, 15) is 9.59 Å². The first-order valence-electron chi connectivity index (χ1n) is 7.49. The van der Waals surface area contributed by atoms with E-state index in [0.717, 1.165) is 11.3 Å². The van der Waals surface area contributed by atoms with Crippen molar-refractivity contribution in [1.82, 2.24) is 5.32 Å². The van der Waals surface area contributed by atoms with E-state index < -0.39 is 5.91 Å². The minimum atomic E-state index is -0.437. The molecule has 120 valence electrons. The quantitative estimate of drug-likeness (QED) is 0.843. The number of benzene rings is 1. The second-order valence-electron chi connectivity index (χ2n) is 5.77. The summed E-state index contributed by atoms with van der Waals surface area (Å²) in [6, 6.07) is 4.08. The predicted octanol–water partition coefficient (Wildman–Crippen LogP) is 2.24. The Kier molecular flexibility index (Phi) is 5.29. The molecule has 0 radical (unpaired) electrons. The van der Waals surface area contributed by atoms with Crippen LogP contribution in [-0.4, -0.2) is 31.4 Å². The van der Waals surface area contributed by atoms with E-state index in [1.54, 1.807) is 6.07 Å². The number of anilines is 1. The lowest BCUT2D eigenvalue weighted by Crippen LogP contribution is -2.38. The van der Waals surface area contributed by atoms with Crippen LogP contribution in [0, 0.1) is 6.92 Å². The molecule has 0 heterocycles. The van der Waals surface area contributed by atoms with Crippen molar-refractivity contribution in [3.05, 3.63) is 28.3 Å². The summed E-state index contributed by atoms with van der Waals surface area (Å²) >= 11 is 6.18. The normalized spacial score (nSPS) is 14.3. The smallest absolute Gasteiger partial charge is 0.251 e. The molecule has 0 aromatic heterocycles. The van der Waals surface area contributed by atoms with E-state index in [-0.39, 0.29) is 18.9 Å². The summed E-state index contributed by atoms with van der Waals surface area (Å²) in [6.45, 7) is 2.15. The van der Waals surface area contributed by atoms with Crippen LogP contribution in [0.15, 0.2) is 12.1 Å². The molecular weight excluding hydrogens is 302 g/mol. The third kappa shape index (κ3) is 3.71. The molecular formula is C16H22ClN3O2. The van der Waals surface area contributed by atoms with E-state index >= 15 is 0 Å². The lowest BCUT2D eigenvalue weighted by molar-refractivity contribution is -0.117. The van der Waals surface area contributed by atoms with Crippen molar-refractivity contribution in [3.63, 3.8) is 0 Å². The number of carbonyl (C=O) groups excluding carboxylic acids is 2. The molecule has 0 aliphatic heterocycles. The van der Waals surface area contributed by atoms with Gasteiger partial charge >= 0.3 is 0 Å². The number of amides is 2. The van der Waals surface area contributed by atoms with Crippen LogP contribution in [-0.2, 0) is 4.79 Å². The molecule has 2 amide bonds. The van der Waals surface area contributed by atoms with Gasteiger partial charge in [0.25, 0.3) is 5.91 Å². The van der Waals surface area contributed by atoms with E-state index in [4.69, 9.17) is 17.3 Å². The number of hydrogen-bond donors (Lipinski definition) is 2. The molecule has 0 saturated heterocycles. The van der Waals surface area contributed by atoms with Gasteiger partial charge in [-0.2, -0.15) is 0 Å². The molecule has 1 saturated carbocycles. The van der Waals surface area contributed by atoms with Crippen molar-refractivity contribution in [2.45, 2.75) is 38.6 Å². The Hall–Kier alpha value is -1.75. The zero-order chi connectivity index (χ0) is 16.3. The maximum Gasteiger partial charge on any atom is 0.251 e. The fraction of sp³-hybridized carbons (Fsp3) is 0.500. The lowest BCUT2D eigenvalue weighted by Gasteiger charge is -2.37. The molecule has 1 fully saturated rings. The first kappa shape index (κ1) is 16.6.